The smallest absolute Gasteiger partial charge is 0.227 e. The number of halogens is 2. The Balaban J connectivity index is 2.05. The zero-order valence-corrected chi connectivity index (χ0v) is 13.1. The molecule has 1 aromatic rings. The Bertz CT molecular complexity index is 551. The van der Waals surface area contributed by atoms with E-state index in [1.54, 1.807) is 25.3 Å². The molecule has 1 aliphatic heterocycles. The third-order valence-electron chi connectivity index (χ3n) is 3.30. The van der Waals surface area contributed by atoms with Gasteiger partial charge in [0.2, 0.25) is 11.8 Å². The number of carbonyl (C=O) groups is 2. The van der Waals surface area contributed by atoms with E-state index in [1.165, 1.54) is 4.90 Å². The molecule has 0 radical (unpaired) electrons. The summed E-state index contributed by atoms with van der Waals surface area (Å²) in [6, 6.07) is 4.92. The Hall–Kier alpha value is -1.30. The zero-order valence-electron chi connectivity index (χ0n) is 11.6. The SMILES string of the molecule is COCCNC(=O)C1CC(=O)N(c2cc(Cl)ccc2Cl)C1. The quantitative estimate of drug-likeness (QED) is 0.841. The monoisotopic (exact) mass is 330 g/mol. The van der Waals surface area contributed by atoms with Gasteiger partial charge in [-0.1, -0.05) is 23.2 Å². The largest absolute Gasteiger partial charge is 0.383 e. The Labute approximate surface area is 133 Å². The molecule has 0 aromatic heterocycles. The molecule has 7 heteroatoms. The van der Waals surface area contributed by atoms with E-state index >= 15 is 0 Å². The molecule has 114 valence electrons. The first-order valence-electron chi connectivity index (χ1n) is 6.55. The molecule has 2 amide bonds. The Morgan fingerprint density at radius 1 is 1.48 bits per heavy atom. The molecule has 0 aliphatic carbocycles. The van der Waals surface area contributed by atoms with Crippen molar-refractivity contribution in [1.29, 1.82) is 0 Å². The summed E-state index contributed by atoms with van der Waals surface area (Å²) in [4.78, 5) is 25.6. The number of hydrogen-bond donors (Lipinski definition) is 1. The minimum atomic E-state index is -0.385. The van der Waals surface area contributed by atoms with Crippen molar-refractivity contribution in [1.82, 2.24) is 5.32 Å². The number of anilines is 1. The molecule has 1 atom stereocenters. The van der Waals surface area contributed by atoms with E-state index in [0.717, 1.165) is 0 Å². The highest BCUT2D eigenvalue weighted by Gasteiger charge is 2.35. The van der Waals surface area contributed by atoms with E-state index in [9.17, 15) is 9.59 Å². The number of hydrogen-bond acceptors (Lipinski definition) is 3. The number of methoxy groups -OCH3 is 1. The van der Waals surface area contributed by atoms with Gasteiger partial charge in [-0.2, -0.15) is 0 Å². The maximum Gasteiger partial charge on any atom is 0.227 e. The van der Waals surface area contributed by atoms with Crippen LogP contribution in [0.15, 0.2) is 18.2 Å². The second-order valence-electron chi connectivity index (χ2n) is 4.78. The normalized spacial score (nSPS) is 18.1. The number of nitrogens with zero attached hydrogens (tertiary/aromatic N) is 1. The van der Waals surface area contributed by atoms with Crippen molar-refractivity contribution in [2.45, 2.75) is 6.42 Å². The minimum Gasteiger partial charge on any atom is -0.383 e. The van der Waals surface area contributed by atoms with E-state index in [2.05, 4.69) is 5.32 Å². The molecule has 21 heavy (non-hydrogen) atoms. The number of rotatable bonds is 5. The highest BCUT2D eigenvalue weighted by atomic mass is 35.5. The van der Waals surface area contributed by atoms with E-state index in [4.69, 9.17) is 27.9 Å². The van der Waals surface area contributed by atoms with Crippen molar-refractivity contribution in [2.24, 2.45) is 5.92 Å². The molecule has 1 aliphatic rings. The third-order valence-corrected chi connectivity index (χ3v) is 3.85. The van der Waals surface area contributed by atoms with E-state index in [-0.39, 0.29) is 24.2 Å². The minimum absolute atomic E-state index is 0.133. The van der Waals surface area contributed by atoms with Crippen LogP contribution in [-0.4, -0.2) is 38.6 Å². The Morgan fingerprint density at radius 3 is 2.95 bits per heavy atom. The van der Waals surface area contributed by atoms with Crippen LogP contribution >= 0.6 is 23.2 Å². The second-order valence-corrected chi connectivity index (χ2v) is 5.63. The molecule has 0 bridgehead atoms. The van der Waals surface area contributed by atoms with Crippen LogP contribution in [0, 0.1) is 5.92 Å². The maximum atomic E-state index is 12.1. The summed E-state index contributed by atoms with van der Waals surface area (Å²) in [5.41, 5.74) is 0.543. The van der Waals surface area contributed by atoms with E-state index in [1.807, 2.05) is 0 Å². The van der Waals surface area contributed by atoms with Crippen molar-refractivity contribution in [2.75, 3.05) is 31.7 Å². The van der Waals surface area contributed by atoms with Gasteiger partial charge in [0.1, 0.15) is 0 Å². The molecular formula is C14H16Cl2N2O3. The number of amides is 2. The Morgan fingerprint density at radius 2 is 2.24 bits per heavy atom. The van der Waals surface area contributed by atoms with Crippen molar-refractivity contribution in [3.63, 3.8) is 0 Å². The lowest BCUT2D eigenvalue weighted by atomic mass is 10.1. The van der Waals surface area contributed by atoms with Gasteiger partial charge in [-0.3, -0.25) is 9.59 Å². The summed E-state index contributed by atoms with van der Waals surface area (Å²) in [5.74, 6) is -0.670. The number of benzene rings is 1. The number of nitrogens with one attached hydrogen (secondary N) is 1. The highest BCUT2D eigenvalue weighted by Crippen LogP contribution is 2.33. The molecule has 0 spiro atoms. The first-order chi connectivity index (χ1) is 10.0. The van der Waals surface area contributed by atoms with E-state index < -0.39 is 0 Å². The average Bonchev–Trinajstić information content (AvgIpc) is 2.84. The van der Waals surface area contributed by atoms with Crippen LogP contribution in [0.25, 0.3) is 0 Å². The molecule has 1 fully saturated rings. The van der Waals surface area contributed by atoms with Gasteiger partial charge < -0.3 is 15.0 Å². The van der Waals surface area contributed by atoms with Gasteiger partial charge in [0.25, 0.3) is 0 Å². The van der Waals surface area contributed by atoms with Crippen LogP contribution in [0.3, 0.4) is 0 Å². The molecule has 1 saturated heterocycles. The fourth-order valence-electron chi connectivity index (χ4n) is 2.23. The fraction of sp³-hybridized carbons (Fsp3) is 0.429. The van der Waals surface area contributed by atoms with Crippen LogP contribution in [-0.2, 0) is 14.3 Å². The third kappa shape index (κ3) is 3.87. The molecule has 1 aromatic carbocycles. The summed E-state index contributed by atoms with van der Waals surface area (Å²) in [5, 5.41) is 3.68. The Kier molecular flexibility index (Phi) is 5.45. The van der Waals surface area contributed by atoms with Crippen molar-refractivity contribution >= 4 is 40.7 Å². The predicted octanol–water partition coefficient (Wildman–Crippen LogP) is 2.11. The lowest BCUT2D eigenvalue weighted by molar-refractivity contribution is -0.126. The summed E-state index contributed by atoms with van der Waals surface area (Å²) >= 11 is 12.0. The van der Waals surface area contributed by atoms with Crippen LogP contribution in [0.2, 0.25) is 10.0 Å². The van der Waals surface area contributed by atoms with Crippen molar-refractivity contribution in [3.05, 3.63) is 28.2 Å². The van der Waals surface area contributed by atoms with Gasteiger partial charge in [0, 0.05) is 31.6 Å². The highest BCUT2D eigenvalue weighted by molar-refractivity contribution is 6.35. The maximum absolute atomic E-state index is 12.1. The van der Waals surface area contributed by atoms with Gasteiger partial charge in [-0.15, -0.1) is 0 Å². The zero-order chi connectivity index (χ0) is 15.4. The molecule has 2 rings (SSSR count). The van der Waals surface area contributed by atoms with Gasteiger partial charge in [-0.25, -0.2) is 0 Å². The molecule has 1 heterocycles. The molecule has 1 N–H and O–H groups in total. The summed E-state index contributed by atoms with van der Waals surface area (Å²) in [7, 11) is 1.56. The summed E-state index contributed by atoms with van der Waals surface area (Å²) < 4.78 is 4.87. The van der Waals surface area contributed by atoms with Crippen LogP contribution < -0.4 is 10.2 Å². The molecular weight excluding hydrogens is 315 g/mol. The van der Waals surface area contributed by atoms with Crippen molar-refractivity contribution in [3.8, 4) is 0 Å². The molecule has 5 nitrogen and oxygen atoms in total. The van der Waals surface area contributed by atoms with E-state index in [0.29, 0.717) is 35.4 Å². The first-order valence-corrected chi connectivity index (χ1v) is 7.30. The van der Waals surface area contributed by atoms with Crippen LogP contribution in [0.5, 0.6) is 0 Å². The second kappa shape index (κ2) is 7.11. The fourth-order valence-corrected chi connectivity index (χ4v) is 2.62. The van der Waals surface area contributed by atoms with Gasteiger partial charge in [-0.05, 0) is 18.2 Å². The summed E-state index contributed by atoms with van der Waals surface area (Å²) in [6.07, 6.45) is 0.168. The van der Waals surface area contributed by atoms with Crippen LogP contribution in [0.1, 0.15) is 6.42 Å². The number of ether oxygens (including phenoxy) is 1. The lowest BCUT2D eigenvalue weighted by Crippen LogP contribution is -2.34. The first kappa shape index (κ1) is 16.1. The summed E-state index contributed by atoms with van der Waals surface area (Å²) in [6.45, 7) is 1.17. The van der Waals surface area contributed by atoms with Gasteiger partial charge >= 0.3 is 0 Å². The van der Waals surface area contributed by atoms with Crippen LogP contribution in [0.4, 0.5) is 5.69 Å². The predicted molar refractivity (Wildman–Crippen MR) is 81.8 cm³/mol. The van der Waals surface area contributed by atoms with Gasteiger partial charge in [0.15, 0.2) is 0 Å². The van der Waals surface area contributed by atoms with Crippen molar-refractivity contribution < 1.29 is 14.3 Å². The molecule has 0 saturated carbocycles. The average molecular weight is 331 g/mol. The van der Waals surface area contributed by atoms with Gasteiger partial charge in [0.05, 0.1) is 23.2 Å². The standard InChI is InChI=1S/C14H16Cl2N2O3/c1-21-5-4-17-14(20)9-6-13(19)18(8-9)12-7-10(15)2-3-11(12)16/h2-3,7,9H,4-6,8H2,1H3,(H,17,20). The lowest BCUT2D eigenvalue weighted by Gasteiger charge is -2.18. The topological polar surface area (TPSA) is 58.6 Å². The number of carbonyl (C=O) groups excluding carboxylic acids is 2. The molecule has 1 unspecified atom stereocenters.